The summed E-state index contributed by atoms with van der Waals surface area (Å²) >= 11 is 9.74. The van der Waals surface area contributed by atoms with Gasteiger partial charge in [-0.1, -0.05) is 0 Å². The number of aromatic nitrogens is 1. The standard InChI is InChI=1S/C10H8Br2N2OS2/c11-6-5-7(17-9(6)12)10(15)14-2-1-8-13-3-4-16-8/h3-5H,1-2H2,(H,14,15). The van der Waals surface area contributed by atoms with Crippen molar-refractivity contribution in [1.29, 1.82) is 0 Å². The first-order valence-corrected chi connectivity index (χ1v) is 8.06. The lowest BCUT2D eigenvalue weighted by molar-refractivity contribution is 0.0958. The lowest BCUT2D eigenvalue weighted by Gasteiger charge is -2.00. The lowest BCUT2D eigenvalue weighted by atomic mass is 10.4. The number of hydrogen-bond donors (Lipinski definition) is 1. The molecular weight excluding hydrogens is 388 g/mol. The van der Waals surface area contributed by atoms with Gasteiger partial charge in [0.05, 0.1) is 13.7 Å². The molecule has 90 valence electrons. The molecule has 0 aromatic carbocycles. The average molecular weight is 396 g/mol. The second kappa shape index (κ2) is 6.08. The third kappa shape index (κ3) is 3.61. The van der Waals surface area contributed by atoms with Crippen molar-refractivity contribution < 1.29 is 4.79 Å². The van der Waals surface area contributed by atoms with E-state index in [1.807, 2.05) is 11.4 Å². The third-order valence-electron chi connectivity index (χ3n) is 1.98. The van der Waals surface area contributed by atoms with E-state index >= 15 is 0 Å². The molecular formula is C10H8Br2N2OS2. The molecule has 2 rings (SSSR count). The van der Waals surface area contributed by atoms with E-state index in [1.165, 1.54) is 11.3 Å². The predicted molar refractivity (Wildman–Crippen MR) is 77.9 cm³/mol. The van der Waals surface area contributed by atoms with Gasteiger partial charge in [-0.2, -0.15) is 0 Å². The van der Waals surface area contributed by atoms with E-state index in [-0.39, 0.29) is 5.91 Å². The Bertz CT molecular complexity index is 491. The first kappa shape index (κ1) is 13.2. The van der Waals surface area contributed by atoms with Gasteiger partial charge in [0, 0.05) is 29.0 Å². The fourth-order valence-corrected chi connectivity index (χ4v) is 3.78. The minimum atomic E-state index is -0.0436. The van der Waals surface area contributed by atoms with E-state index in [2.05, 4.69) is 42.2 Å². The van der Waals surface area contributed by atoms with Gasteiger partial charge in [0.15, 0.2) is 0 Å². The molecule has 0 atom stereocenters. The Morgan fingerprint density at radius 3 is 2.88 bits per heavy atom. The summed E-state index contributed by atoms with van der Waals surface area (Å²) in [5, 5.41) is 5.85. The Morgan fingerprint density at radius 1 is 1.47 bits per heavy atom. The van der Waals surface area contributed by atoms with Crippen molar-refractivity contribution in [2.45, 2.75) is 6.42 Å². The number of thiophene rings is 1. The summed E-state index contributed by atoms with van der Waals surface area (Å²) in [6.07, 6.45) is 2.55. The summed E-state index contributed by atoms with van der Waals surface area (Å²) in [7, 11) is 0. The van der Waals surface area contributed by atoms with Crippen molar-refractivity contribution in [3.05, 3.63) is 35.8 Å². The van der Waals surface area contributed by atoms with E-state index < -0.39 is 0 Å². The van der Waals surface area contributed by atoms with Crippen molar-refractivity contribution in [3.63, 3.8) is 0 Å². The molecule has 0 aliphatic heterocycles. The van der Waals surface area contributed by atoms with Crippen LogP contribution in [0.3, 0.4) is 0 Å². The summed E-state index contributed by atoms with van der Waals surface area (Å²) in [4.78, 5) is 16.6. The Balaban J connectivity index is 1.85. The molecule has 0 spiro atoms. The number of nitrogens with zero attached hydrogens (tertiary/aromatic N) is 1. The van der Waals surface area contributed by atoms with Crippen molar-refractivity contribution in [2.24, 2.45) is 0 Å². The van der Waals surface area contributed by atoms with Crippen molar-refractivity contribution in [3.8, 4) is 0 Å². The summed E-state index contributed by atoms with van der Waals surface area (Å²) < 4.78 is 1.84. The van der Waals surface area contributed by atoms with Crippen LogP contribution in [0.2, 0.25) is 0 Å². The molecule has 0 fully saturated rings. The highest BCUT2D eigenvalue weighted by Gasteiger charge is 2.11. The molecule has 0 aliphatic rings. The normalized spacial score (nSPS) is 10.5. The van der Waals surface area contributed by atoms with Crippen molar-refractivity contribution >= 4 is 60.4 Å². The van der Waals surface area contributed by atoms with Gasteiger partial charge < -0.3 is 5.32 Å². The van der Waals surface area contributed by atoms with Gasteiger partial charge in [-0.25, -0.2) is 4.98 Å². The highest BCUT2D eigenvalue weighted by Crippen LogP contribution is 2.32. The maximum absolute atomic E-state index is 11.8. The highest BCUT2D eigenvalue weighted by atomic mass is 79.9. The van der Waals surface area contributed by atoms with Crippen LogP contribution in [-0.2, 0) is 6.42 Å². The van der Waals surface area contributed by atoms with Crippen LogP contribution in [0.15, 0.2) is 25.9 Å². The van der Waals surface area contributed by atoms with Crippen LogP contribution in [0.5, 0.6) is 0 Å². The van der Waals surface area contributed by atoms with Crippen LogP contribution in [0.25, 0.3) is 0 Å². The van der Waals surface area contributed by atoms with Gasteiger partial charge in [0.1, 0.15) is 0 Å². The van der Waals surface area contributed by atoms with Gasteiger partial charge in [-0.05, 0) is 37.9 Å². The quantitative estimate of drug-likeness (QED) is 0.857. The highest BCUT2D eigenvalue weighted by molar-refractivity contribution is 9.13. The largest absolute Gasteiger partial charge is 0.351 e. The number of thiazole rings is 1. The molecule has 0 saturated carbocycles. The Labute approximate surface area is 124 Å². The first-order chi connectivity index (χ1) is 8.16. The fourth-order valence-electron chi connectivity index (χ4n) is 1.21. The molecule has 2 aromatic rings. The summed E-state index contributed by atoms with van der Waals surface area (Å²) in [6, 6.07) is 1.81. The van der Waals surface area contributed by atoms with Crippen LogP contribution < -0.4 is 5.32 Å². The number of rotatable bonds is 4. The Morgan fingerprint density at radius 2 is 2.29 bits per heavy atom. The van der Waals surface area contributed by atoms with E-state index in [0.717, 1.165) is 19.7 Å². The zero-order valence-corrected chi connectivity index (χ0v) is 13.4. The smallest absolute Gasteiger partial charge is 0.261 e. The van der Waals surface area contributed by atoms with Gasteiger partial charge >= 0.3 is 0 Å². The molecule has 3 nitrogen and oxygen atoms in total. The molecule has 2 heterocycles. The maximum atomic E-state index is 11.8. The van der Waals surface area contributed by atoms with E-state index in [9.17, 15) is 4.79 Å². The number of carbonyl (C=O) groups is 1. The number of hydrogen-bond acceptors (Lipinski definition) is 4. The third-order valence-corrected chi connectivity index (χ3v) is 6.07. The van der Waals surface area contributed by atoms with Crippen LogP contribution >= 0.6 is 54.5 Å². The van der Waals surface area contributed by atoms with E-state index in [4.69, 9.17) is 0 Å². The first-order valence-electron chi connectivity index (χ1n) is 4.78. The average Bonchev–Trinajstić information content (AvgIpc) is 2.90. The lowest BCUT2D eigenvalue weighted by Crippen LogP contribution is -2.24. The molecule has 1 amide bonds. The Hall–Kier alpha value is -0.240. The molecule has 0 unspecified atom stereocenters. The van der Waals surface area contributed by atoms with Gasteiger partial charge in [-0.15, -0.1) is 22.7 Å². The van der Waals surface area contributed by atoms with Crippen LogP contribution in [0.4, 0.5) is 0 Å². The fraction of sp³-hybridized carbons (Fsp3) is 0.200. The van der Waals surface area contributed by atoms with Crippen LogP contribution in [-0.4, -0.2) is 17.4 Å². The van der Waals surface area contributed by atoms with Gasteiger partial charge in [-0.3, -0.25) is 4.79 Å². The molecule has 0 saturated heterocycles. The summed E-state index contributed by atoms with van der Waals surface area (Å²) in [5.41, 5.74) is 0. The zero-order chi connectivity index (χ0) is 12.3. The molecule has 2 aromatic heterocycles. The number of halogens is 2. The molecule has 1 N–H and O–H groups in total. The maximum Gasteiger partial charge on any atom is 0.261 e. The van der Waals surface area contributed by atoms with Crippen molar-refractivity contribution in [2.75, 3.05) is 6.54 Å². The van der Waals surface area contributed by atoms with Gasteiger partial charge in [0.25, 0.3) is 5.91 Å². The number of amides is 1. The monoisotopic (exact) mass is 394 g/mol. The topological polar surface area (TPSA) is 42.0 Å². The molecule has 0 radical (unpaired) electrons. The Kier molecular flexibility index (Phi) is 4.72. The summed E-state index contributed by atoms with van der Waals surface area (Å²) in [5.74, 6) is -0.0436. The molecule has 0 aliphatic carbocycles. The zero-order valence-electron chi connectivity index (χ0n) is 8.57. The van der Waals surface area contributed by atoms with E-state index in [0.29, 0.717) is 11.4 Å². The minimum Gasteiger partial charge on any atom is -0.351 e. The molecule has 7 heteroatoms. The van der Waals surface area contributed by atoms with E-state index in [1.54, 1.807) is 17.5 Å². The second-order valence-corrected chi connectivity index (χ2v) is 7.37. The van der Waals surface area contributed by atoms with Crippen LogP contribution in [0, 0.1) is 0 Å². The predicted octanol–water partition coefficient (Wildman–Crippen LogP) is 3.70. The van der Waals surface area contributed by atoms with Crippen LogP contribution in [0.1, 0.15) is 14.7 Å². The minimum absolute atomic E-state index is 0.0436. The molecule has 17 heavy (non-hydrogen) atoms. The molecule has 0 bridgehead atoms. The van der Waals surface area contributed by atoms with Gasteiger partial charge in [0.2, 0.25) is 0 Å². The SMILES string of the molecule is O=C(NCCc1nccs1)c1cc(Br)c(Br)s1. The number of nitrogens with one attached hydrogen (secondary N) is 1. The van der Waals surface area contributed by atoms with Crippen molar-refractivity contribution in [1.82, 2.24) is 10.3 Å². The second-order valence-electron chi connectivity index (χ2n) is 3.16. The summed E-state index contributed by atoms with van der Waals surface area (Å²) in [6.45, 7) is 0.611. The number of carbonyl (C=O) groups excluding carboxylic acids is 1.